The molecule has 3 aromatic rings. The molecule has 15 nitrogen and oxygen atoms in total. The molecule has 17 heteroatoms. The van der Waals surface area contributed by atoms with Gasteiger partial charge in [0.25, 0.3) is 5.91 Å². The number of amides is 2. The molecule has 4 heterocycles. The molecule has 0 atom stereocenters. The van der Waals surface area contributed by atoms with Crippen LogP contribution in [0.5, 0.6) is 5.75 Å². The molecule has 2 aromatic carbocycles. The predicted octanol–water partition coefficient (Wildman–Crippen LogP) is 4.44. The molecule has 0 saturated carbocycles. The number of nitrogens with one attached hydrogen (secondary N) is 2. The van der Waals surface area contributed by atoms with Gasteiger partial charge in [-0.2, -0.15) is 15.0 Å². The van der Waals surface area contributed by atoms with E-state index in [1.165, 1.54) is 12.5 Å². The molecule has 0 bridgehead atoms. The van der Waals surface area contributed by atoms with Crippen LogP contribution in [-0.4, -0.2) is 114 Å². The van der Waals surface area contributed by atoms with Crippen LogP contribution in [0.1, 0.15) is 32.5 Å². The van der Waals surface area contributed by atoms with Crippen LogP contribution in [0.25, 0.3) is 0 Å². The lowest BCUT2D eigenvalue weighted by molar-refractivity contribution is -0.136. The number of anilines is 5. The SMILES string of the molecule is Cl.N.N.O=C(Nc1ccc(Nc2nc(N3CCCCC3)nc(N3CCN(CC(=O)N4CCOCC4)CC3)n2)cc1O)c1ccc(Cl)cc1.[HH].[HH]. The van der Waals surface area contributed by atoms with Gasteiger partial charge in [0.05, 0.1) is 25.4 Å². The molecular weight excluding hydrogens is 661 g/mol. The van der Waals surface area contributed by atoms with Crippen molar-refractivity contribution in [2.24, 2.45) is 0 Å². The molecule has 3 saturated heterocycles. The average molecular weight is 711 g/mol. The predicted molar refractivity (Wildman–Crippen MR) is 194 cm³/mol. The van der Waals surface area contributed by atoms with Crippen molar-refractivity contribution >= 4 is 65.0 Å². The first kappa shape index (κ1) is 38.5. The summed E-state index contributed by atoms with van der Waals surface area (Å²) in [6.45, 7) is 7.46. The molecule has 266 valence electrons. The van der Waals surface area contributed by atoms with Gasteiger partial charge in [0.2, 0.25) is 23.8 Å². The zero-order chi connectivity index (χ0) is 31.2. The number of nitrogens with zero attached hydrogens (tertiary/aromatic N) is 7. The number of phenols is 1. The largest absolute Gasteiger partial charge is 0.506 e. The molecule has 9 N–H and O–H groups in total. The van der Waals surface area contributed by atoms with Gasteiger partial charge in [0.15, 0.2) is 0 Å². The van der Waals surface area contributed by atoms with Crippen molar-refractivity contribution in [3.63, 3.8) is 0 Å². The van der Waals surface area contributed by atoms with Crippen LogP contribution in [0.15, 0.2) is 42.5 Å². The standard InChI is InChI=1S/C31H38ClN9O4.ClH.2H3N.2H2/c32-23-6-4-22(5-7-23)28(44)34-25-9-8-24(20-26(25)42)33-29-35-30(40-10-2-1-3-11-40)37-31(36-29)41-14-12-38(13-15-41)21-27(43)39-16-18-45-19-17-39;;;;;/h4-9,20,42H,1-3,10-19,21H2,(H,34,44)(H,33,35,36,37);1H;2*1H3;2*1H. The highest BCUT2D eigenvalue weighted by atomic mass is 35.5. The minimum Gasteiger partial charge on any atom is -0.506 e. The molecule has 6 rings (SSSR count). The maximum absolute atomic E-state index is 12.8. The second-order valence-corrected chi connectivity index (χ2v) is 11.8. The van der Waals surface area contributed by atoms with Crippen molar-refractivity contribution < 1.29 is 22.3 Å². The Bertz CT molecular complexity index is 1510. The number of hydrogen-bond donors (Lipinski definition) is 5. The number of benzene rings is 2. The van der Waals surface area contributed by atoms with E-state index in [4.69, 9.17) is 31.3 Å². The number of rotatable bonds is 8. The number of phenolic OH excluding ortho intramolecular Hbond substituents is 1. The molecule has 3 fully saturated rings. The Morgan fingerprint density at radius 2 is 1.46 bits per heavy atom. The number of carbonyl (C=O) groups excluding carboxylic acids is 2. The molecule has 2 amide bonds. The molecular formula is C31H49Cl2N11O4. The van der Waals surface area contributed by atoms with E-state index in [1.54, 1.807) is 36.4 Å². The lowest BCUT2D eigenvalue weighted by Crippen LogP contribution is -2.52. The molecule has 0 unspecified atom stereocenters. The summed E-state index contributed by atoms with van der Waals surface area (Å²) in [5, 5.41) is 17.2. The third kappa shape index (κ3) is 9.78. The van der Waals surface area contributed by atoms with Crippen LogP contribution < -0.4 is 32.7 Å². The van der Waals surface area contributed by atoms with E-state index in [0.717, 1.165) is 39.0 Å². The quantitative estimate of drug-likeness (QED) is 0.205. The van der Waals surface area contributed by atoms with Crippen LogP contribution in [0.2, 0.25) is 5.02 Å². The van der Waals surface area contributed by atoms with Gasteiger partial charge in [0, 0.05) is 77.6 Å². The Kier molecular flexibility index (Phi) is 14.4. The van der Waals surface area contributed by atoms with E-state index >= 15 is 0 Å². The Balaban J connectivity index is 0.00000250. The number of hydrogen-bond acceptors (Lipinski definition) is 13. The summed E-state index contributed by atoms with van der Waals surface area (Å²) in [5.74, 6) is 1.23. The van der Waals surface area contributed by atoms with Crippen molar-refractivity contribution in [1.82, 2.24) is 37.1 Å². The van der Waals surface area contributed by atoms with Gasteiger partial charge in [-0.15, -0.1) is 12.4 Å². The number of ether oxygens (including phenoxy) is 1. The number of piperazine rings is 1. The fourth-order valence-electron chi connectivity index (χ4n) is 5.64. The van der Waals surface area contributed by atoms with Crippen molar-refractivity contribution in [2.75, 3.05) is 92.5 Å². The smallest absolute Gasteiger partial charge is 0.255 e. The molecule has 3 aliphatic heterocycles. The summed E-state index contributed by atoms with van der Waals surface area (Å²) in [5.41, 5.74) is 1.26. The first-order valence-corrected chi connectivity index (χ1v) is 15.8. The van der Waals surface area contributed by atoms with Crippen molar-refractivity contribution in [3.8, 4) is 5.75 Å². The topological polar surface area (TPSA) is 209 Å². The number of carbonyl (C=O) groups is 2. The third-order valence-electron chi connectivity index (χ3n) is 8.24. The van der Waals surface area contributed by atoms with E-state index in [-0.39, 0.29) is 50.8 Å². The van der Waals surface area contributed by atoms with E-state index in [0.29, 0.717) is 80.1 Å². The van der Waals surface area contributed by atoms with Crippen molar-refractivity contribution in [3.05, 3.63) is 53.1 Å². The van der Waals surface area contributed by atoms with Gasteiger partial charge in [-0.3, -0.25) is 14.5 Å². The van der Waals surface area contributed by atoms with Crippen LogP contribution in [-0.2, 0) is 9.53 Å². The average Bonchev–Trinajstić information content (AvgIpc) is 3.07. The molecule has 48 heavy (non-hydrogen) atoms. The fourth-order valence-corrected chi connectivity index (χ4v) is 5.76. The van der Waals surface area contributed by atoms with Gasteiger partial charge in [0.1, 0.15) is 5.75 Å². The van der Waals surface area contributed by atoms with Crippen LogP contribution in [0.3, 0.4) is 0 Å². The van der Waals surface area contributed by atoms with Crippen LogP contribution >= 0.6 is 24.0 Å². The van der Waals surface area contributed by atoms with E-state index in [2.05, 4.69) is 25.3 Å². The summed E-state index contributed by atoms with van der Waals surface area (Å²) >= 11 is 5.92. The van der Waals surface area contributed by atoms with Crippen molar-refractivity contribution in [2.45, 2.75) is 19.3 Å². The highest BCUT2D eigenvalue weighted by Crippen LogP contribution is 2.30. The molecule has 0 aliphatic carbocycles. The number of aromatic nitrogens is 3. The second-order valence-electron chi connectivity index (χ2n) is 11.4. The molecule has 0 spiro atoms. The molecule has 3 aliphatic rings. The summed E-state index contributed by atoms with van der Waals surface area (Å²) in [4.78, 5) is 48.1. The lowest BCUT2D eigenvalue weighted by atomic mass is 10.1. The Labute approximate surface area is 294 Å². The lowest BCUT2D eigenvalue weighted by Gasteiger charge is -2.36. The Morgan fingerprint density at radius 1 is 0.833 bits per heavy atom. The normalized spacial score (nSPS) is 16.6. The van der Waals surface area contributed by atoms with Crippen molar-refractivity contribution in [1.29, 1.82) is 0 Å². The van der Waals surface area contributed by atoms with Gasteiger partial charge in [-0.1, -0.05) is 11.6 Å². The van der Waals surface area contributed by atoms with Crippen LogP contribution in [0, 0.1) is 0 Å². The number of halogens is 2. The van der Waals surface area contributed by atoms with Gasteiger partial charge in [-0.05, 0) is 55.7 Å². The van der Waals surface area contributed by atoms with E-state index in [9.17, 15) is 14.7 Å². The summed E-state index contributed by atoms with van der Waals surface area (Å²) in [6, 6.07) is 11.4. The number of aromatic hydroxyl groups is 1. The summed E-state index contributed by atoms with van der Waals surface area (Å²) < 4.78 is 5.37. The minimum absolute atomic E-state index is 0. The number of morpholine rings is 1. The number of piperidine rings is 1. The van der Waals surface area contributed by atoms with Gasteiger partial charge >= 0.3 is 0 Å². The summed E-state index contributed by atoms with van der Waals surface area (Å²) in [7, 11) is 0. The maximum atomic E-state index is 12.8. The van der Waals surface area contributed by atoms with E-state index in [1.807, 2.05) is 4.90 Å². The van der Waals surface area contributed by atoms with Crippen LogP contribution in [0.4, 0.5) is 29.2 Å². The monoisotopic (exact) mass is 709 g/mol. The third-order valence-corrected chi connectivity index (χ3v) is 8.49. The molecule has 0 radical (unpaired) electrons. The first-order chi connectivity index (χ1) is 21.9. The van der Waals surface area contributed by atoms with E-state index < -0.39 is 0 Å². The fraction of sp³-hybridized carbons (Fsp3) is 0.452. The molecule has 1 aromatic heterocycles. The zero-order valence-electron chi connectivity index (χ0n) is 26.9. The zero-order valence-corrected chi connectivity index (χ0v) is 28.5. The minimum atomic E-state index is -0.360. The first-order valence-electron chi connectivity index (χ1n) is 15.4. The highest BCUT2D eigenvalue weighted by Gasteiger charge is 2.26. The Morgan fingerprint density at radius 3 is 2.08 bits per heavy atom. The van der Waals surface area contributed by atoms with Gasteiger partial charge in [-0.25, -0.2) is 0 Å². The highest BCUT2D eigenvalue weighted by molar-refractivity contribution is 6.30. The van der Waals surface area contributed by atoms with Gasteiger partial charge < -0.3 is 47.5 Å². The Hall–Kier alpha value is -3.99. The second kappa shape index (κ2) is 18.0. The maximum Gasteiger partial charge on any atom is 0.255 e. The summed E-state index contributed by atoms with van der Waals surface area (Å²) in [6.07, 6.45) is 3.35.